The maximum atomic E-state index is 14.6. The molecule has 0 bridgehead atoms. The van der Waals surface area contributed by atoms with E-state index in [-0.39, 0.29) is 47.3 Å². The minimum Gasteiger partial charge on any atom is -0.478 e. The van der Waals surface area contributed by atoms with Crippen molar-refractivity contribution < 1.29 is 34.2 Å². The van der Waals surface area contributed by atoms with Crippen molar-refractivity contribution in [2.75, 3.05) is 0 Å². The summed E-state index contributed by atoms with van der Waals surface area (Å²) < 4.78 is 0. The molecule has 1 aromatic carbocycles. The lowest BCUT2D eigenvalue weighted by Crippen LogP contribution is -2.27. The molecule has 0 aliphatic heterocycles. The van der Waals surface area contributed by atoms with Crippen LogP contribution in [0.25, 0.3) is 0 Å². The fraction of sp³-hybridized carbons (Fsp3) is 0.738. The third-order valence-corrected chi connectivity index (χ3v) is 14.4. The van der Waals surface area contributed by atoms with Crippen LogP contribution in [-0.4, -0.2) is 39.5 Å². The Hall–Kier alpha value is -3.61. The van der Waals surface area contributed by atoms with E-state index < -0.39 is 40.5 Å². The molecule has 410 valence electrons. The summed E-state index contributed by atoms with van der Waals surface area (Å²) in [5.74, 6) is -5.02. The Labute approximate surface area is 441 Å². The summed E-state index contributed by atoms with van der Waals surface area (Å²) in [7, 11) is 0. The van der Waals surface area contributed by atoms with E-state index in [0.29, 0.717) is 19.3 Å². The fourth-order valence-corrected chi connectivity index (χ4v) is 10.1. The standard InChI is InChI=1S/C65H108O7/c1-6-9-12-15-18-21-24-27-30-33-36-39-42-45-48-51-55(66)59-58(54(4)5)62(64(69)70)63(65(71)72)61(57(68)53-50-47-44-41-38-35-32-29-26-23-20-17-14-11-8-3)60(59)56(67)52-49-46-43-40-37-34-31-28-25-22-19-16-13-10-7-2/h27-32,54H,6-26,33-53H2,1-5H3,(H,69,70)(H,71,72)/b30-27-,31-28-,32-29-. The Bertz CT molecular complexity index is 1700. The predicted octanol–water partition coefficient (Wildman–Crippen LogP) is 20.9. The first-order chi connectivity index (χ1) is 35.0. The summed E-state index contributed by atoms with van der Waals surface area (Å²) in [4.78, 5) is 70.0. The highest BCUT2D eigenvalue weighted by Gasteiger charge is 2.38. The molecule has 0 saturated carbocycles. The lowest BCUT2D eigenvalue weighted by molar-refractivity contribution is 0.0647. The number of unbranched alkanes of at least 4 members (excludes halogenated alkanes) is 33. The molecule has 7 nitrogen and oxygen atoms in total. The molecule has 0 atom stereocenters. The van der Waals surface area contributed by atoms with Gasteiger partial charge in [0.1, 0.15) is 0 Å². The number of carbonyl (C=O) groups is 5. The second-order valence-electron chi connectivity index (χ2n) is 21.3. The lowest BCUT2D eigenvalue weighted by Gasteiger charge is -2.24. The third-order valence-electron chi connectivity index (χ3n) is 14.4. The molecular weight excluding hydrogens is 893 g/mol. The fourth-order valence-electron chi connectivity index (χ4n) is 10.1. The highest BCUT2D eigenvalue weighted by molar-refractivity contribution is 6.22. The average Bonchev–Trinajstić information content (AvgIpc) is 3.36. The van der Waals surface area contributed by atoms with Gasteiger partial charge in [0.15, 0.2) is 17.3 Å². The number of rotatable bonds is 51. The number of aromatic carboxylic acids is 2. The summed E-state index contributed by atoms with van der Waals surface area (Å²) >= 11 is 0. The topological polar surface area (TPSA) is 126 Å². The number of benzene rings is 1. The summed E-state index contributed by atoms with van der Waals surface area (Å²) in [5, 5.41) is 21.4. The van der Waals surface area contributed by atoms with Crippen molar-refractivity contribution in [1.29, 1.82) is 0 Å². The van der Waals surface area contributed by atoms with Gasteiger partial charge >= 0.3 is 11.9 Å². The maximum absolute atomic E-state index is 14.6. The molecule has 0 radical (unpaired) electrons. The minimum absolute atomic E-state index is 0.0198. The molecule has 0 aliphatic carbocycles. The van der Waals surface area contributed by atoms with Gasteiger partial charge in [-0.25, -0.2) is 9.59 Å². The Morgan fingerprint density at radius 1 is 0.306 bits per heavy atom. The zero-order valence-corrected chi connectivity index (χ0v) is 47.2. The van der Waals surface area contributed by atoms with Crippen molar-refractivity contribution in [2.24, 2.45) is 0 Å². The monoisotopic (exact) mass is 1000 g/mol. The Morgan fingerprint density at radius 3 is 0.778 bits per heavy atom. The number of carboxylic acid groups (broad SMARTS) is 2. The van der Waals surface area contributed by atoms with E-state index in [1.54, 1.807) is 13.8 Å². The molecule has 0 fully saturated rings. The molecule has 1 aromatic rings. The number of ketones is 3. The summed E-state index contributed by atoms with van der Waals surface area (Å²) in [6.45, 7) is 10.2. The number of hydrogen-bond donors (Lipinski definition) is 2. The summed E-state index contributed by atoms with van der Waals surface area (Å²) in [5.41, 5.74) is -1.67. The van der Waals surface area contributed by atoms with Gasteiger partial charge in [0.25, 0.3) is 0 Å². The van der Waals surface area contributed by atoms with Crippen LogP contribution >= 0.6 is 0 Å². The predicted molar refractivity (Wildman–Crippen MR) is 306 cm³/mol. The molecule has 0 saturated heterocycles. The molecule has 0 aliphatic rings. The van der Waals surface area contributed by atoms with E-state index in [0.717, 1.165) is 116 Å². The van der Waals surface area contributed by atoms with Crippen LogP contribution in [0.15, 0.2) is 36.5 Å². The Morgan fingerprint density at radius 2 is 0.528 bits per heavy atom. The van der Waals surface area contributed by atoms with Crippen LogP contribution in [0.3, 0.4) is 0 Å². The minimum atomic E-state index is -1.56. The van der Waals surface area contributed by atoms with E-state index >= 15 is 0 Å². The molecule has 1 rings (SSSR count). The highest BCUT2D eigenvalue weighted by atomic mass is 16.4. The van der Waals surface area contributed by atoms with E-state index in [1.165, 1.54) is 116 Å². The number of Topliss-reactive ketones (excluding diaryl/α,β-unsaturated/α-hetero) is 3. The SMILES string of the molecule is CCCCCCCC/C=C\CCCCCCCC(=O)c1c(C(=O)O)c(C(=O)O)c(C(C)C)c(C(=O)CCCCCCC/C=C\CCCCCCCC)c1C(=O)CCCCCCC/C=C\CCCCCCCC. The van der Waals surface area contributed by atoms with Gasteiger partial charge in [-0.15, -0.1) is 0 Å². The first-order valence-corrected chi connectivity index (χ1v) is 30.3. The molecule has 0 spiro atoms. The van der Waals surface area contributed by atoms with Crippen LogP contribution in [-0.2, 0) is 0 Å². The molecule has 2 N–H and O–H groups in total. The van der Waals surface area contributed by atoms with Crippen LogP contribution < -0.4 is 0 Å². The van der Waals surface area contributed by atoms with E-state index in [1.807, 2.05) is 0 Å². The van der Waals surface area contributed by atoms with E-state index in [9.17, 15) is 34.2 Å². The quantitative estimate of drug-likeness (QED) is 0.0378. The average molecular weight is 1000 g/mol. The summed E-state index contributed by atoms with van der Waals surface area (Å²) in [6, 6.07) is 0. The molecule has 0 unspecified atom stereocenters. The molecule has 72 heavy (non-hydrogen) atoms. The van der Waals surface area contributed by atoms with Crippen LogP contribution in [0.4, 0.5) is 0 Å². The smallest absolute Gasteiger partial charge is 0.337 e. The first-order valence-electron chi connectivity index (χ1n) is 30.3. The Balaban J connectivity index is 3.16. The number of allylic oxidation sites excluding steroid dienone is 6. The molecule has 0 aromatic heterocycles. The van der Waals surface area contributed by atoms with Gasteiger partial charge < -0.3 is 10.2 Å². The van der Waals surface area contributed by atoms with Crippen LogP contribution in [0.2, 0.25) is 0 Å². The van der Waals surface area contributed by atoms with Crippen molar-refractivity contribution >= 4 is 29.3 Å². The van der Waals surface area contributed by atoms with Gasteiger partial charge in [0, 0.05) is 36.0 Å². The largest absolute Gasteiger partial charge is 0.478 e. The number of carboxylic acids is 2. The van der Waals surface area contributed by atoms with Crippen molar-refractivity contribution in [1.82, 2.24) is 0 Å². The van der Waals surface area contributed by atoms with Gasteiger partial charge in [0.2, 0.25) is 0 Å². The van der Waals surface area contributed by atoms with Crippen molar-refractivity contribution in [3.63, 3.8) is 0 Å². The second-order valence-corrected chi connectivity index (χ2v) is 21.3. The van der Waals surface area contributed by atoms with Gasteiger partial charge in [0.05, 0.1) is 11.1 Å². The number of carbonyl (C=O) groups excluding carboxylic acids is 3. The lowest BCUT2D eigenvalue weighted by atomic mass is 9.76. The van der Waals surface area contributed by atoms with Gasteiger partial charge in [-0.1, -0.05) is 225 Å². The van der Waals surface area contributed by atoms with Gasteiger partial charge in [-0.05, 0) is 108 Å². The highest BCUT2D eigenvalue weighted by Crippen LogP contribution is 2.37. The first kappa shape index (κ1) is 66.4. The van der Waals surface area contributed by atoms with Gasteiger partial charge in [-0.3, -0.25) is 14.4 Å². The zero-order valence-electron chi connectivity index (χ0n) is 47.2. The molecule has 7 heteroatoms. The molecule has 0 heterocycles. The van der Waals surface area contributed by atoms with Crippen molar-refractivity contribution in [2.45, 2.75) is 310 Å². The summed E-state index contributed by atoms with van der Waals surface area (Å²) in [6.07, 6.45) is 56.8. The third kappa shape index (κ3) is 31.2. The van der Waals surface area contributed by atoms with Gasteiger partial charge in [-0.2, -0.15) is 0 Å². The van der Waals surface area contributed by atoms with Crippen LogP contribution in [0.1, 0.15) is 368 Å². The van der Waals surface area contributed by atoms with Crippen molar-refractivity contribution in [3.05, 3.63) is 69.8 Å². The number of hydrogen-bond acceptors (Lipinski definition) is 5. The van der Waals surface area contributed by atoms with Crippen LogP contribution in [0.5, 0.6) is 0 Å². The Kier molecular flexibility index (Phi) is 42.4. The molecular formula is C65H108O7. The zero-order chi connectivity index (χ0) is 52.9. The van der Waals surface area contributed by atoms with E-state index in [4.69, 9.17) is 0 Å². The van der Waals surface area contributed by atoms with Crippen LogP contribution in [0, 0.1) is 0 Å². The second kappa shape index (κ2) is 46.0. The molecule has 0 amide bonds. The van der Waals surface area contributed by atoms with Crippen molar-refractivity contribution in [3.8, 4) is 0 Å². The normalized spacial score (nSPS) is 11.9. The van der Waals surface area contributed by atoms with E-state index in [2.05, 4.69) is 57.2 Å². The maximum Gasteiger partial charge on any atom is 0.337 e.